The van der Waals surface area contributed by atoms with E-state index in [4.69, 9.17) is 25.8 Å². The van der Waals surface area contributed by atoms with Crippen LogP contribution in [0.4, 0.5) is 11.4 Å². The van der Waals surface area contributed by atoms with Crippen molar-refractivity contribution in [1.82, 2.24) is 4.98 Å². The second kappa shape index (κ2) is 13.6. The molecule has 242 valence electrons. The first-order valence-corrected chi connectivity index (χ1v) is 16.8. The Morgan fingerprint density at radius 3 is 2.36 bits per heavy atom. The maximum Gasteiger partial charge on any atom is 0.338 e. The van der Waals surface area contributed by atoms with Gasteiger partial charge in [0.05, 0.1) is 35.4 Å². The number of anilines is 2. The van der Waals surface area contributed by atoms with Crippen LogP contribution >= 0.6 is 34.7 Å². The molecule has 0 unspecified atom stereocenters. The lowest BCUT2D eigenvalue weighted by atomic mass is 9.83. The molecule has 0 radical (unpaired) electrons. The molecular weight excluding hydrogens is 666 g/mol. The molecule has 3 atom stereocenters. The van der Waals surface area contributed by atoms with Crippen molar-refractivity contribution in [2.75, 3.05) is 30.0 Å². The predicted octanol–water partition coefficient (Wildman–Crippen LogP) is 5.48. The van der Waals surface area contributed by atoms with Crippen LogP contribution in [0.2, 0.25) is 5.02 Å². The quantitative estimate of drug-likeness (QED) is 0.163. The number of nitrogens with zero attached hydrogens (tertiary/aromatic N) is 1. The molecule has 2 aliphatic heterocycles. The van der Waals surface area contributed by atoms with Crippen molar-refractivity contribution in [3.05, 3.63) is 97.4 Å². The molecule has 47 heavy (non-hydrogen) atoms. The number of halogens is 1. The highest BCUT2D eigenvalue weighted by atomic mass is 35.5. The van der Waals surface area contributed by atoms with Gasteiger partial charge >= 0.3 is 10.8 Å². The average Bonchev–Trinajstić information content (AvgIpc) is 3.55. The van der Waals surface area contributed by atoms with Gasteiger partial charge in [0.2, 0.25) is 11.8 Å². The van der Waals surface area contributed by atoms with E-state index < -0.39 is 29.0 Å². The number of benzene rings is 3. The Morgan fingerprint density at radius 2 is 1.66 bits per heavy atom. The van der Waals surface area contributed by atoms with Gasteiger partial charge in [-0.25, -0.2) is 9.69 Å². The molecule has 4 aromatic rings. The number of imide groups is 1. The van der Waals surface area contributed by atoms with Gasteiger partial charge in [-0.3, -0.25) is 19.2 Å². The third kappa shape index (κ3) is 6.51. The summed E-state index contributed by atoms with van der Waals surface area (Å²) in [7, 11) is 0. The Morgan fingerprint density at radius 1 is 0.915 bits per heavy atom. The Balaban J connectivity index is 1.24. The van der Waals surface area contributed by atoms with Gasteiger partial charge in [-0.2, -0.15) is 0 Å². The number of amides is 3. The molecule has 11 nitrogen and oxygen atoms in total. The predicted molar refractivity (Wildman–Crippen MR) is 178 cm³/mol. The van der Waals surface area contributed by atoms with Crippen LogP contribution in [0.3, 0.4) is 0 Å². The van der Waals surface area contributed by atoms with Gasteiger partial charge in [0.15, 0.2) is 18.1 Å². The summed E-state index contributed by atoms with van der Waals surface area (Å²) in [6.07, 6.45) is 0. The molecular formula is C33H28ClN3O8S2. The number of aromatic amines is 1. The molecule has 6 rings (SSSR count). The molecule has 1 saturated heterocycles. The first-order chi connectivity index (χ1) is 22.7. The summed E-state index contributed by atoms with van der Waals surface area (Å²) in [5.41, 5.74) is 1.91. The van der Waals surface area contributed by atoms with E-state index in [2.05, 4.69) is 10.3 Å². The molecule has 2 aliphatic rings. The van der Waals surface area contributed by atoms with Crippen LogP contribution in [0.5, 0.6) is 11.5 Å². The van der Waals surface area contributed by atoms with Crippen molar-refractivity contribution < 1.29 is 33.4 Å². The van der Waals surface area contributed by atoms with E-state index in [9.17, 15) is 24.0 Å². The van der Waals surface area contributed by atoms with Crippen LogP contribution in [0.15, 0.2) is 76.6 Å². The number of aromatic nitrogens is 1. The van der Waals surface area contributed by atoms with Crippen molar-refractivity contribution in [3.63, 3.8) is 0 Å². The number of nitrogens with one attached hydrogen (secondary N) is 2. The summed E-state index contributed by atoms with van der Waals surface area (Å²) < 4.78 is 16.7. The van der Waals surface area contributed by atoms with Gasteiger partial charge in [-0.1, -0.05) is 40.8 Å². The van der Waals surface area contributed by atoms with Crippen LogP contribution in [0.25, 0.3) is 0 Å². The largest absolute Gasteiger partial charge is 0.490 e. The molecule has 1 aromatic heterocycles. The second-order valence-corrected chi connectivity index (χ2v) is 13.1. The number of thioether (sulfide) groups is 1. The van der Waals surface area contributed by atoms with Gasteiger partial charge in [0.25, 0.3) is 5.91 Å². The van der Waals surface area contributed by atoms with E-state index in [-0.39, 0.29) is 36.5 Å². The Hall–Kier alpha value is -4.59. The number of hydrogen-bond acceptors (Lipinski definition) is 10. The number of carbonyl (C=O) groups excluding carboxylic acids is 4. The summed E-state index contributed by atoms with van der Waals surface area (Å²) in [4.78, 5) is 69.1. The zero-order chi connectivity index (χ0) is 33.2. The van der Waals surface area contributed by atoms with Crippen LogP contribution in [0.1, 0.15) is 40.6 Å². The summed E-state index contributed by atoms with van der Waals surface area (Å²) in [6.45, 7) is 3.73. The number of hydrogen-bond donors (Lipinski definition) is 2. The first-order valence-electron chi connectivity index (χ1n) is 14.7. The van der Waals surface area contributed by atoms with E-state index in [0.29, 0.717) is 48.9 Å². The van der Waals surface area contributed by atoms with Crippen molar-refractivity contribution >= 4 is 69.8 Å². The molecule has 3 amide bonds. The van der Waals surface area contributed by atoms with Crippen LogP contribution in [-0.2, 0) is 19.1 Å². The fourth-order valence-corrected chi connectivity index (χ4v) is 8.21. The SMILES string of the molecule is CCOC(=O)c1ccc(NC(=O)COc2ccc([C@@H]3c4sc(=O)[nH]c4S[C@H]4C(=O)N(c5ccc(Cl)cc5)C(=O)[C@@H]34)cc2OCC)cc1. The number of H-pyrrole nitrogens is 1. The summed E-state index contributed by atoms with van der Waals surface area (Å²) in [5.74, 6) is -2.42. The smallest absolute Gasteiger partial charge is 0.338 e. The highest BCUT2D eigenvalue weighted by Gasteiger charge is 2.56. The zero-order valence-electron chi connectivity index (χ0n) is 25.1. The first kappa shape index (κ1) is 32.4. The van der Waals surface area contributed by atoms with Gasteiger partial charge < -0.3 is 24.5 Å². The maximum atomic E-state index is 14.0. The van der Waals surface area contributed by atoms with E-state index in [1.807, 2.05) is 0 Å². The third-order valence-corrected chi connectivity index (χ3v) is 10.2. The number of ether oxygens (including phenoxy) is 3. The highest BCUT2D eigenvalue weighted by Crippen LogP contribution is 2.53. The number of thiazole rings is 1. The molecule has 3 aromatic carbocycles. The van der Waals surface area contributed by atoms with E-state index in [0.717, 1.165) is 11.3 Å². The van der Waals surface area contributed by atoms with Crippen LogP contribution < -0.4 is 24.6 Å². The topological polar surface area (TPSA) is 144 Å². The molecule has 1 fully saturated rings. The van der Waals surface area contributed by atoms with E-state index in [1.54, 1.807) is 80.6 Å². The fraction of sp³-hybridized carbons (Fsp3) is 0.242. The molecule has 14 heteroatoms. The highest BCUT2D eigenvalue weighted by molar-refractivity contribution is 8.00. The molecule has 0 aliphatic carbocycles. The Bertz CT molecular complexity index is 1910. The van der Waals surface area contributed by atoms with Crippen LogP contribution in [0, 0.1) is 5.92 Å². The van der Waals surface area contributed by atoms with Crippen LogP contribution in [-0.4, -0.2) is 53.7 Å². The van der Waals surface area contributed by atoms with Gasteiger partial charge in [-0.15, -0.1) is 0 Å². The van der Waals surface area contributed by atoms with Gasteiger partial charge in [-0.05, 0) is 80.1 Å². The maximum absolute atomic E-state index is 14.0. The summed E-state index contributed by atoms with van der Waals surface area (Å²) >= 11 is 8.24. The van der Waals surface area contributed by atoms with E-state index >= 15 is 0 Å². The average molecular weight is 694 g/mol. The molecule has 3 heterocycles. The van der Waals surface area contributed by atoms with Gasteiger partial charge in [0.1, 0.15) is 5.25 Å². The van der Waals surface area contributed by atoms with Crippen molar-refractivity contribution in [3.8, 4) is 11.5 Å². The second-order valence-electron chi connectivity index (χ2n) is 10.5. The van der Waals surface area contributed by atoms with Crippen molar-refractivity contribution in [1.29, 1.82) is 0 Å². The minimum Gasteiger partial charge on any atom is -0.490 e. The van der Waals surface area contributed by atoms with Crippen molar-refractivity contribution in [2.24, 2.45) is 5.92 Å². The van der Waals surface area contributed by atoms with Crippen molar-refractivity contribution in [2.45, 2.75) is 30.0 Å². The Labute approximate surface area is 282 Å². The fourth-order valence-electron chi connectivity index (χ4n) is 5.57. The molecule has 0 bridgehead atoms. The number of rotatable bonds is 10. The number of fused-ring (bicyclic) bond motifs is 2. The minimum absolute atomic E-state index is 0.260. The zero-order valence-corrected chi connectivity index (χ0v) is 27.5. The summed E-state index contributed by atoms with van der Waals surface area (Å²) in [5, 5.41) is 2.99. The molecule has 2 N–H and O–H groups in total. The number of esters is 1. The standard InChI is InChI=1S/C33H28ClN3O8S2/c1-3-43-23-15-18(7-14-22(23)45-16-24(38)35-20-10-5-17(6-11-20)32(41)44-4-2)25-26-28(46-29-27(25)47-33(42)36-29)31(40)37(30(26)39)21-12-8-19(34)9-13-21/h5-15,25-26,28H,3-4,16H2,1-2H3,(H,35,38)(H,36,42)/t25-,26-,28+/m0/s1. The molecule has 0 saturated carbocycles. The van der Waals surface area contributed by atoms with E-state index in [1.165, 1.54) is 16.7 Å². The molecule has 0 spiro atoms. The van der Waals surface area contributed by atoms with Gasteiger partial charge in [0, 0.05) is 21.5 Å². The Kier molecular flexibility index (Phi) is 9.39. The lowest BCUT2D eigenvalue weighted by Gasteiger charge is -2.30. The lowest BCUT2D eigenvalue weighted by Crippen LogP contribution is -2.32. The monoisotopic (exact) mass is 693 g/mol. The minimum atomic E-state index is -0.788. The lowest BCUT2D eigenvalue weighted by molar-refractivity contribution is -0.122. The summed E-state index contributed by atoms with van der Waals surface area (Å²) in [6, 6.07) is 17.9. The third-order valence-electron chi connectivity index (χ3n) is 7.57. The number of carbonyl (C=O) groups is 4. The normalized spacial score (nSPS) is 18.4.